The lowest BCUT2D eigenvalue weighted by Crippen LogP contribution is -2.23. The van der Waals surface area contributed by atoms with Gasteiger partial charge in [0.15, 0.2) is 0 Å². The Morgan fingerprint density at radius 3 is 2.93 bits per heavy atom. The fourth-order valence-electron chi connectivity index (χ4n) is 0.855. The third-order valence-corrected chi connectivity index (χ3v) is 1.70. The summed E-state index contributed by atoms with van der Waals surface area (Å²) in [4.78, 5) is 14.9. The van der Waals surface area contributed by atoms with Crippen LogP contribution in [0.3, 0.4) is 0 Å². The highest BCUT2D eigenvalue weighted by Gasteiger charge is 2.22. The SMILES string of the molecule is CCOC(=O)c1noc([C@@H](N)[C@@H](C)O)n1. The second-order valence-corrected chi connectivity index (χ2v) is 2.94. The maximum absolute atomic E-state index is 11.1. The van der Waals surface area contributed by atoms with Crippen molar-refractivity contribution in [2.24, 2.45) is 5.73 Å². The van der Waals surface area contributed by atoms with E-state index in [9.17, 15) is 4.79 Å². The van der Waals surface area contributed by atoms with Crippen LogP contribution in [0.2, 0.25) is 0 Å². The summed E-state index contributed by atoms with van der Waals surface area (Å²) in [6, 6.07) is -0.805. The van der Waals surface area contributed by atoms with Gasteiger partial charge in [0.25, 0.3) is 5.82 Å². The molecule has 1 aromatic rings. The standard InChI is InChI=1S/C8H13N3O4/c1-3-14-8(13)6-10-7(15-11-6)5(9)4(2)12/h4-5,12H,3,9H2,1-2H3/t4-,5+/m1/s1. The summed E-state index contributed by atoms with van der Waals surface area (Å²) in [7, 11) is 0. The molecule has 0 amide bonds. The monoisotopic (exact) mass is 215 g/mol. The number of rotatable bonds is 4. The minimum absolute atomic E-state index is 0.00746. The third kappa shape index (κ3) is 2.74. The van der Waals surface area contributed by atoms with Gasteiger partial charge in [0.05, 0.1) is 12.7 Å². The van der Waals surface area contributed by atoms with Gasteiger partial charge in [0.1, 0.15) is 6.04 Å². The molecule has 0 bridgehead atoms. The van der Waals surface area contributed by atoms with Gasteiger partial charge < -0.3 is 20.1 Å². The molecule has 7 heteroatoms. The predicted octanol–water partition coefficient (Wildman–Crippen LogP) is -0.373. The molecule has 7 nitrogen and oxygen atoms in total. The molecular weight excluding hydrogens is 202 g/mol. The van der Waals surface area contributed by atoms with Crippen molar-refractivity contribution in [1.29, 1.82) is 0 Å². The van der Waals surface area contributed by atoms with Crippen molar-refractivity contribution in [2.45, 2.75) is 26.0 Å². The van der Waals surface area contributed by atoms with E-state index in [4.69, 9.17) is 15.4 Å². The predicted molar refractivity (Wildman–Crippen MR) is 48.9 cm³/mol. The first-order valence-corrected chi connectivity index (χ1v) is 4.50. The lowest BCUT2D eigenvalue weighted by atomic mass is 10.2. The van der Waals surface area contributed by atoms with Crippen LogP contribution in [0.1, 0.15) is 36.4 Å². The van der Waals surface area contributed by atoms with E-state index in [0.717, 1.165) is 0 Å². The van der Waals surface area contributed by atoms with E-state index < -0.39 is 18.1 Å². The van der Waals surface area contributed by atoms with E-state index in [1.165, 1.54) is 6.92 Å². The smallest absolute Gasteiger partial charge is 0.379 e. The van der Waals surface area contributed by atoms with Crippen LogP contribution >= 0.6 is 0 Å². The van der Waals surface area contributed by atoms with Crippen molar-refractivity contribution >= 4 is 5.97 Å². The average molecular weight is 215 g/mol. The number of nitrogens with zero attached hydrogens (tertiary/aromatic N) is 2. The van der Waals surface area contributed by atoms with E-state index in [1.807, 2.05) is 0 Å². The van der Waals surface area contributed by atoms with E-state index >= 15 is 0 Å². The van der Waals surface area contributed by atoms with Crippen LogP contribution in [0.5, 0.6) is 0 Å². The molecule has 2 atom stereocenters. The number of carbonyl (C=O) groups excluding carboxylic acids is 1. The lowest BCUT2D eigenvalue weighted by Gasteiger charge is -2.08. The van der Waals surface area contributed by atoms with Gasteiger partial charge in [-0.1, -0.05) is 0 Å². The first-order chi connectivity index (χ1) is 7.06. The molecular formula is C8H13N3O4. The minimum atomic E-state index is -0.833. The van der Waals surface area contributed by atoms with Gasteiger partial charge in [-0.25, -0.2) is 4.79 Å². The highest BCUT2D eigenvalue weighted by atomic mass is 16.5. The van der Waals surface area contributed by atoms with E-state index in [2.05, 4.69) is 14.9 Å². The van der Waals surface area contributed by atoms with Crippen molar-refractivity contribution in [3.05, 3.63) is 11.7 Å². The fourth-order valence-corrected chi connectivity index (χ4v) is 0.855. The molecule has 0 aromatic carbocycles. The third-order valence-electron chi connectivity index (χ3n) is 1.70. The largest absolute Gasteiger partial charge is 0.460 e. The number of aliphatic hydroxyl groups excluding tert-OH is 1. The molecule has 0 unspecified atom stereocenters. The Bertz CT molecular complexity index is 336. The van der Waals surface area contributed by atoms with Gasteiger partial charge in [-0.05, 0) is 19.0 Å². The number of hydrogen-bond donors (Lipinski definition) is 2. The molecule has 0 aliphatic rings. The van der Waals surface area contributed by atoms with Crippen molar-refractivity contribution in [3.63, 3.8) is 0 Å². The van der Waals surface area contributed by atoms with Crippen molar-refractivity contribution in [2.75, 3.05) is 6.61 Å². The van der Waals surface area contributed by atoms with Gasteiger partial charge in [-0.3, -0.25) is 0 Å². The molecule has 15 heavy (non-hydrogen) atoms. The minimum Gasteiger partial charge on any atom is -0.460 e. The molecule has 0 fully saturated rings. The molecule has 0 saturated heterocycles. The van der Waals surface area contributed by atoms with Crippen LogP contribution < -0.4 is 5.73 Å². The summed E-state index contributed by atoms with van der Waals surface area (Å²) in [6.45, 7) is 3.38. The second kappa shape index (κ2) is 4.85. The van der Waals surface area contributed by atoms with Crippen LogP contribution in [0, 0.1) is 0 Å². The van der Waals surface area contributed by atoms with Gasteiger partial charge in [-0.2, -0.15) is 4.98 Å². The zero-order chi connectivity index (χ0) is 11.4. The van der Waals surface area contributed by atoms with Gasteiger partial charge >= 0.3 is 5.97 Å². The molecule has 84 valence electrons. The number of aromatic nitrogens is 2. The number of aliphatic hydroxyl groups is 1. The Balaban J connectivity index is 2.76. The number of nitrogens with two attached hydrogens (primary N) is 1. The highest BCUT2D eigenvalue weighted by Crippen LogP contribution is 2.11. The Kier molecular flexibility index (Phi) is 3.75. The maximum Gasteiger partial charge on any atom is 0.379 e. The molecule has 0 spiro atoms. The summed E-state index contributed by atoms with van der Waals surface area (Å²) < 4.78 is 9.36. The number of ether oxygens (including phenoxy) is 1. The number of esters is 1. The zero-order valence-electron chi connectivity index (χ0n) is 8.51. The lowest BCUT2D eigenvalue weighted by molar-refractivity contribution is 0.0508. The molecule has 1 aromatic heterocycles. The zero-order valence-corrected chi connectivity index (χ0v) is 8.51. The molecule has 1 heterocycles. The van der Waals surface area contributed by atoms with Crippen molar-refractivity contribution in [1.82, 2.24) is 10.1 Å². The molecule has 0 aliphatic heterocycles. The topological polar surface area (TPSA) is 111 Å². The normalized spacial score (nSPS) is 14.7. The Morgan fingerprint density at radius 2 is 2.40 bits per heavy atom. The van der Waals surface area contributed by atoms with Crippen LogP contribution in [0.4, 0.5) is 0 Å². The van der Waals surface area contributed by atoms with E-state index in [-0.39, 0.29) is 18.3 Å². The number of hydrogen-bond acceptors (Lipinski definition) is 7. The fraction of sp³-hybridized carbons (Fsp3) is 0.625. The summed E-state index contributed by atoms with van der Waals surface area (Å²) in [5, 5.41) is 12.5. The van der Waals surface area contributed by atoms with Crippen molar-refractivity contribution < 1.29 is 19.2 Å². The van der Waals surface area contributed by atoms with Crippen LogP contribution in [-0.2, 0) is 4.74 Å². The molecule has 1 rings (SSSR count). The highest BCUT2D eigenvalue weighted by molar-refractivity contribution is 5.84. The summed E-state index contributed by atoms with van der Waals surface area (Å²) in [5.74, 6) is -0.860. The van der Waals surface area contributed by atoms with Gasteiger partial charge in [0.2, 0.25) is 5.89 Å². The summed E-state index contributed by atoms with van der Waals surface area (Å²) in [5.41, 5.74) is 5.53. The molecule has 3 N–H and O–H groups in total. The summed E-state index contributed by atoms with van der Waals surface area (Å²) in [6.07, 6.45) is -0.833. The van der Waals surface area contributed by atoms with Crippen LogP contribution in [0.15, 0.2) is 4.52 Å². The average Bonchev–Trinajstić information content (AvgIpc) is 2.65. The summed E-state index contributed by atoms with van der Waals surface area (Å²) >= 11 is 0. The van der Waals surface area contributed by atoms with Crippen molar-refractivity contribution in [3.8, 4) is 0 Å². The van der Waals surface area contributed by atoms with E-state index in [1.54, 1.807) is 6.92 Å². The molecule has 0 radical (unpaired) electrons. The Hall–Kier alpha value is -1.47. The molecule has 0 aliphatic carbocycles. The van der Waals surface area contributed by atoms with Gasteiger partial charge in [-0.15, -0.1) is 0 Å². The quantitative estimate of drug-likeness (QED) is 0.659. The molecule has 0 saturated carbocycles. The Morgan fingerprint density at radius 1 is 1.73 bits per heavy atom. The van der Waals surface area contributed by atoms with Crippen LogP contribution in [-0.4, -0.2) is 33.9 Å². The van der Waals surface area contributed by atoms with Crippen LogP contribution in [0.25, 0.3) is 0 Å². The first kappa shape index (κ1) is 11.6. The maximum atomic E-state index is 11.1. The second-order valence-electron chi connectivity index (χ2n) is 2.94. The first-order valence-electron chi connectivity index (χ1n) is 4.50. The Labute approximate surface area is 86.2 Å². The van der Waals surface area contributed by atoms with Gasteiger partial charge in [0, 0.05) is 0 Å². The number of carbonyl (C=O) groups is 1. The van der Waals surface area contributed by atoms with E-state index in [0.29, 0.717) is 0 Å².